The molecule has 1 aliphatic carbocycles. The van der Waals surface area contributed by atoms with Crippen LogP contribution in [0.25, 0.3) is 0 Å². The number of carbonyl (C=O) groups is 1. The molecule has 1 saturated carbocycles. The molecule has 1 fully saturated rings. The topological polar surface area (TPSA) is 101 Å². The predicted molar refractivity (Wildman–Crippen MR) is 105 cm³/mol. The Kier molecular flexibility index (Phi) is 6.26. The standard InChI is InChI=1S/C20H25N3O3S/c21-13-17-9-5-11-19(17)23-20(24)16-8-4-10-18(12-16)27(25,26)22-14-15-6-2-1-3-7-15/h1-4,6-8,10,12,17,19,22H,5,9,11,13-14,21H2,(H,23,24). The van der Waals surface area contributed by atoms with Crippen LogP contribution in [0.3, 0.4) is 0 Å². The summed E-state index contributed by atoms with van der Waals surface area (Å²) in [4.78, 5) is 12.6. The van der Waals surface area contributed by atoms with Crippen LogP contribution < -0.4 is 15.8 Å². The van der Waals surface area contributed by atoms with Crippen molar-refractivity contribution in [3.63, 3.8) is 0 Å². The van der Waals surface area contributed by atoms with Crippen molar-refractivity contribution in [2.24, 2.45) is 11.7 Å². The highest BCUT2D eigenvalue weighted by molar-refractivity contribution is 7.89. The van der Waals surface area contributed by atoms with Crippen LogP contribution in [0.4, 0.5) is 0 Å². The number of hydrogen-bond donors (Lipinski definition) is 3. The molecule has 3 rings (SSSR count). The Hall–Kier alpha value is -2.22. The number of amides is 1. The van der Waals surface area contributed by atoms with E-state index in [0.717, 1.165) is 24.8 Å². The molecule has 0 spiro atoms. The highest BCUT2D eigenvalue weighted by Crippen LogP contribution is 2.25. The minimum absolute atomic E-state index is 0.0546. The molecule has 6 nitrogen and oxygen atoms in total. The lowest BCUT2D eigenvalue weighted by atomic mass is 10.0. The van der Waals surface area contributed by atoms with Gasteiger partial charge in [0.25, 0.3) is 5.91 Å². The van der Waals surface area contributed by atoms with Gasteiger partial charge in [-0.1, -0.05) is 42.8 Å². The summed E-state index contributed by atoms with van der Waals surface area (Å²) in [7, 11) is -3.71. The fourth-order valence-corrected chi connectivity index (χ4v) is 4.49. The van der Waals surface area contributed by atoms with Crippen LogP contribution >= 0.6 is 0 Å². The first-order valence-corrected chi connectivity index (χ1v) is 10.6. The smallest absolute Gasteiger partial charge is 0.251 e. The minimum atomic E-state index is -3.71. The van der Waals surface area contributed by atoms with Crippen molar-refractivity contribution in [1.82, 2.24) is 10.0 Å². The predicted octanol–water partition coefficient (Wildman–Crippen LogP) is 2.02. The lowest BCUT2D eigenvalue weighted by Gasteiger charge is -2.19. The van der Waals surface area contributed by atoms with Gasteiger partial charge >= 0.3 is 0 Å². The third-order valence-corrected chi connectivity index (χ3v) is 6.39. The summed E-state index contributed by atoms with van der Waals surface area (Å²) in [5, 5.41) is 3.00. The molecule has 1 amide bonds. The van der Waals surface area contributed by atoms with Gasteiger partial charge in [0.1, 0.15) is 0 Å². The fourth-order valence-electron chi connectivity index (χ4n) is 3.42. The quantitative estimate of drug-likeness (QED) is 0.676. The van der Waals surface area contributed by atoms with Crippen LogP contribution in [-0.4, -0.2) is 26.9 Å². The molecule has 0 aromatic heterocycles. The van der Waals surface area contributed by atoms with Gasteiger partial charge in [-0.2, -0.15) is 0 Å². The second-order valence-corrected chi connectivity index (χ2v) is 8.61. The molecule has 0 bridgehead atoms. The Bertz CT molecular complexity index is 884. The van der Waals surface area contributed by atoms with Gasteiger partial charge in [0, 0.05) is 18.2 Å². The normalized spacial score (nSPS) is 19.7. The summed E-state index contributed by atoms with van der Waals surface area (Å²) < 4.78 is 27.7. The maximum atomic E-state index is 12.6. The van der Waals surface area contributed by atoms with Crippen molar-refractivity contribution in [3.05, 3.63) is 65.7 Å². The lowest BCUT2D eigenvalue weighted by molar-refractivity contribution is 0.0928. The number of rotatable bonds is 7. The van der Waals surface area contributed by atoms with Crippen molar-refractivity contribution < 1.29 is 13.2 Å². The van der Waals surface area contributed by atoms with E-state index in [4.69, 9.17) is 5.73 Å². The van der Waals surface area contributed by atoms with E-state index >= 15 is 0 Å². The first kappa shape index (κ1) is 19.5. The Morgan fingerprint density at radius 1 is 1.07 bits per heavy atom. The van der Waals surface area contributed by atoms with Crippen LogP contribution in [0.2, 0.25) is 0 Å². The van der Waals surface area contributed by atoms with E-state index < -0.39 is 10.0 Å². The second kappa shape index (κ2) is 8.65. The Labute approximate surface area is 160 Å². The molecule has 27 heavy (non-hydrogen) atoms. The third kappa shape index (κ3) is 4.94. The molecule has 0 radical (unpaired) electrons. The Morgan fingerprint density at radius 3 is 2.59 bits per heavy atom. The van der Waals surface area contributed by atoms with Gasteiger partial charge in [0.2, 0.25) is 10.0 Å². The van der Waals surface area contributed by atoms with Crippen LogP contribution in [-0.2, 0) is 16.6 Å². The van der Waals surface area contributed by atoms with Crippen LogP contribution in [0.5, 0.6) is 0 Å². The molecule has 0 saturated heterocycles. The highest BCUT2D eigenvalue weighted by Gasteiger charge is 2.28. The van der Waals surface area contributed by atoms with Crippen molar-refractivity contribution in [2.75, 3.05) is 6.54 Å². The Morgan fingerprint density at radius 2 is 1.85 bits per heavy atom. The number of nitrogens with one attached hydrogen (secondary N) is 2. The average molecular weight is 388 g/mol. The molecule has 0 heterocycles. The molecule has 144 valence electrons. The molecule has 7 heteroatoms. The molecule has 2 aromatic rings. The second-order valence-electron chi connectivity index (χ2n) is 6.84. The van der Waals surface area contributed by atoms with E-state index in [2.05, 4.69) is 10.0 Å². The van der Waals surface area contributed by atoms with E-state index in [9.17, 15) is 13.2 Å². The largest absolute Gasteiger partial charge is 0.349 e. The molecule has 0 aliphatic heterocycles. The van der Waals surface area contributed by atoms with E-state index in [1.165, 1.54) is 12.1 Å². The van der Waals surface area contributed by atoms with E-state index in [-0.39, 0.29) is 29.3 Å². The SMILES string of the molecule is NCC1CCCC1NC(=O)c1cccc(S(=O)(=O)NCc2ccccc2)c1. The zero-order valence-corrected chi connectivity index (χ0v) is 15.9. The first-order chi connectivity index (χ1) is 13.0. The summed E-state index contributed by atoms with van der Waals surface area (Å²) in [5.41, 5.74) is 6.96. The van der Waals surface area contributed by atoms with Gasteiger partial charge < -0.3 is 11.1 Å². The van der Waals surface area contributed by atoms with Gasteiger partial charge in [-0.15, -0.1) is 0 Å². The highest BCUT2D eigenvalue weighted by atomic mass is 32.2. The third-order valence-electron chi connectivity index (χ3n) is 4.99. The monoisotopic (exact) mass is 387 g/mol. The Balaban J connectivity index is 1.69. The lowest BCUT2D eigenvalue weighted by Crippen LogP contribution is -2.39. The van der Waals surface area contributed by atoms with Gasteiger partial charge in [-0.3, -0.25) is 4.79 Å². The van der Waals surface area contributed by atoms with Crippen molar-refractivity contribution >= 4 is 15.9 Å². The maximum Gasteiger partial charge on any atom is 0.251 e. The van der Waals surface area contributed by atoms with E-state index in [1.54, 1.807) is 12.1 Å². The van der Waals surface area contributed by atoms with Gasteiger partial charge in [-0.25, -0.2) is 13.1 Å². The number of carbonyl (C=O) groups excluding carboxylic acids is 1. The van der Waals surface area contributed by atoms with E-state index in [0.29, 0.717) is 12.1 Å². The zero-order valence-electron chi connectivity index (χ0n) is 15.1. The minimum Gasteiger partial charge on any atom is -0.349 e. The van der Waals surface area contributed by atoms with Crippen molar-refractivity contribution in [3.8, 4) is 0 Å². The van der Waals surface area contributed by atoms with Gasteiger partial charge in [0.05, 0.1) is 4.90 Å². The molecule has 4 N–H and O–H groups in total. The first-order valence-electron chi connectivity index (χ1n) is 9.14. The summed E-state index contributed by atoms with van der Waals surface area (Å²) in [5.74, 6) is 0.0221. The fraction of sp³-hybridized carbons (Fsp3) is 0.350. The number of sulfonamides is 1. The van der Waals surface area contributed by atoms with Gasteiger partial charge in [0.15, 0.2) is 0 Å². The zero-order chi connectivity index (χ0) is 19.3. The summed E-state index contributed by atoms with van der Waals surface area (Å²) >= 11 is 0. The average Bonchev–Trinajstić information content (AvgIpc) is 3.14. The van der Waals surface area contributed by atoms with Crippen molar-refractivity contribution in [1.29, 1.82) is 0 Å². The summed E-state index contributed by atoms with van der Waals surface area (Å²) in [6.07, 6.45) is 2.97. The maximum absolute atomic E-state index is 12.6. The van der Waals surface area contributed by atoms with Gasteiger partial charge in [-0.05, 0) is 49.1 Å². The van der Waals surface area contributed by atoms with Crippen LogP contribution in [0.15, 0.2) is 59.5 Å². The molecule has 2 aromatic carbocycles. The molecule has 1 aliphatic rings. The molecular weight excluding hydrogens is 362 g/mol. The van der Waals surface area contributed by atoms with E-state index in [1.807, 2.05) is 30.3 Å². The molecular formula is C20H25N3O3S. The molecule has 2 atom stereocenters. The molecule has 2 unspecified atom stereocenters. The number of benzene rings is 2. The summed E-state index contributed by atoms with van der Waals surface area (Å²) in [6.45, 7) is 0.739. The van der Waals surface area contributed by atoms with Crippen LogP contribution in [0.1, 0.15) is 35.2 Å². The van der Waals surface area contributed by atoms with Crippen molar-refractivity contribution in [2.45, 2.75) is 36.7 Å². The number of hydrogen-bond acceptors (Lipinski definition) is 4. The number of nitrogens with two attached hydrogens (primary N) is 1. The van der Waals surface area contributed by atoms with Crippen LogP contribution in [0, 0.1) is 5.92 Å². The summed E-state index contributed by atoms with van der Waals surface area (Å²) in [6, 6.07) is 15.4.